The standard InChI is InChI=1S/C11H19N5O2/c1-12-6-8-4-5-16(7-8)9-13-10(17-2)15-11(14-9)18-3/h8,12H,4-7H2,1-3H3. The Kier molecular flexibility index (Phi) is 4.14. The van der Waals surface area contributed by atoms with E-state index in [0.29, 0.717) is 11.9 Å². The minimum atomic E-state index is 0.286. The van der Waals surface area contributed by atoms with E-state index in [1.165, 1.54) is 14.2 Å². The summed E-state index contributed by atoms with van der Waals surface area (Å²) in [6.07, 6.45) is 1.14. The Bertz CT molecular complexity index is 379. The van der Waals surface area contributed by atoms with Crippen LogP contribution in [0.1, 0.15) is 6.42 Å². The number of rotatable bonds is 5. The molecule has 1 N–H and O–H groups in total. The van der Waals surface area contributed by atoms with Gasteiger partial charge < -0.3 is 19.7 Å². The fourth-order valence-corrected chi connectivity index (χ4v) is 2.12. The van der Waals surface area contributed by atoms with Crippen molar-refractivity contribution in [1.82, 2.24) is 20.3 Å². The molecule has 1 unspecified atom stereocenters. The van der Waals surface area contributed by atoms with Gasteiger partial charge >= 0.3 is 12.0 Å². The Balaban J connectivity index is 2.13. The van der Waals surface area contributed by atoms with E-state index in [1.807, 2.05) is 7.05 Å². The van der Waals surface area contributed by atoms with Gasteiger partial charge in [-0.25, -0.2) is 0 Å². The molecule has 7 heteroatoms. The zero-order valence-electron chi connectivity index (χ0n) is 11.0. The van der Waals surface area contributed by atoms with Gasteiger partial charge in [0.1, 0.15) is 0 Å². The third-order valence-electron chi connectivity index (χ3n) is 3.01. The van der Waals surface area contributed by atoms with E-state index in [1.54, 1.807) is 0 Å². The second-order valence-corrected chi connectivity index (χ2v) is 4.27. The third kappa shape index (κ3) is 2.79. The predicted molar refractivity (Wildman–Crippen MR) is 67.2 cm³/mol. The van der Waals surface area contributed by atoms with Crippen molar-refractivity contribution in [2.75, 3.05) is 45.8 Å². The minimum Gasteiger partial charge on any atom is -0.467 e. The number of nitrogens with one attached hydrogen (secondary N) is 1. The summed E-state index contributed by atoms with van der Waals surface area (Å²) in [6, 6.07) is 0.572. The van der Waals surface area contributed by atoms with E-state index in [4.69, 9.17) is 9.47 Å². The Hall–Kier alpha value is -1.63. The molecular formula is C11H19N5O2. The highest BCUT2D eigenvalue weighted by Gasteiger charge is 2.25. The molecule has 1 aliphatic rings. The van der Waals surface area contributed by atoms with Crippen LogP contribution in [0.25, 0.3) is 0 Å². The lowest BCUT2D eigenvalue weighted by Crippen LogP contribution is -2.26. The maximum absolute atomic E-state index is 5.05. The number of hydrogen-bond donors (Lipinski definition) is 1. The SMILES string of the molecule is CNCC1CCN(c2nc(OC)nc(OC)n2)C1. The van der Waals surface area contributed by atoms with E-state index in [0.717, 1.165) is 26.1 Å². The van der Waals surface area contributed by atoms with Crippen LogP contribution in [0.15, 0.2) is 0 Å². The van der Waals surface area contributed by atoms with Gasteiger partial charge in [-0.3, -0.25) is 0 Å². The van der Waals surface area contributed by atoms with Crippen LogP contribution >= 0.6 is 0 Å². The molecule has 1 fully saturated rings. The maximum Gasteiger partial charge on any atom is 0.324 e. The zero-order valence-corrected chi connectivity index (χ0v) is 11.0. The average Bonchev–Trinajstić information content (AvgIpc) is 2.87. The highest BCUT2D eigenvalue weighted by atomic mass is 16.5. The quantitative estimate of drug-likeness (QED) is 0.787. The van der Waals surface area contributed by atoms with Crippen molar-refractivity contribution < 1.29 is 9.47 Å². The molecule has 0 aromatic carbocycles. The molecule has 0 spiro atoms. The molecule has 0 radical (unpaired) electrons. The normalized spacial score (nSPS) is 19.1. The van der Waals surface area contributed by atoms with Crippen molar-refractivity contribution in [2.24, 2.45) is 5.92 Å². The Morgan fingerprint density at radius 2 is 1.89 bits per heavy atom. The van der Waals surface area contributed by atoms with Gasteiger partial charge in [0.25, 0.3) is 0 Å². The molecule has 1 aromatic heterocycles. The molecular weight excluding hydrogens is 234 g/mol. The van der Waals surface area contributed by atoms with Gasteiger partial charge in [0.15, 0.2) is 0 Å². The lowest BCUT2D eigenvalue weighted by Gasteiger charge is -2.16. The summed E-state index contributed by atoms with van der Waals surface area (Å²) in [5.41, 5.74) is 0. The van der Waals surface area contributed by atoms with E-state index in [9.17, 15) is 0 Å². The first-order chi connectivity index (χ1) is 8.76. The number of anilines is 1. The first-order valence-corrected chi connectivity index (χ1v) is 6.00. The van der Waals surface area contributed by atoms with E-state index in [2.05, 4.69) is 25.2 Å². The van der Waals surface area contributed by atoms with Crippen LogP contribution in [0, 0.1) is 5.92 Å². The van der Waals surface area contributed by atoms with Crippen LogP contribution in [-0.2, 0) is 0 Å². The van der Waals surface area contributed by atoms with Crippen molar-refractivity contribution >= 4 is 5.95 Å². The summed E-state index contributed by atoms with van der Waals surface area (Å²) >= 11 is 0. The summed E-state index contributed by atoms with van der Waals surface area (Å²) in [5.74, 6) is 1.25. The molecule has 100 valence electrons. The van der Waals surface area contributed by atoms with Crippen LogP contribution in [0.4, 0.5) is 5.95 Å². The Morgan fingerprint density at radius 1 is 1.22 bits per heavy atom. The van der Waals surface area contributed by atoms with Crippen LogP contribution in [0.2, 0.25) is 0 Å². The first kappa shape index (κ1) is 12.8. The van der Waals surface area contributed by atoms with Crippen molar-refractivity contribution in [1.29, 1.82) is 0 Å². The molecule has 0 bridgehead atoms. The molecule has 0 aliphatic carbocycles. The highest BCUT2D eigenvalue weighted by Crippen LogP contribution is 2.22. The van der Waals surface area contributed by atoms with Gasteiger partial charge in [-0.15, -0.1) is 4.98 Å². The van der Waals surface area contributed by atoms with Crippen molar-refractivity contribution in [3.05, 3.63) is 0 Å². The summed E-state index contributed by atoms with van der Waals surface area (Å²) in [4.78, 5) is 14.6. The molecule has 0 saturated carbocycles. The lowest BCUT2D eigenvalue weighted by atomic mass is 10.1. The summed E-state index contributed by atoms with van der Waals surface area (Å²) < 4.78 is 10.1. The number of ether oxygens (including phenoxy) is 2. The summed E-state index contributed by atoms with van der Waals surface area (Å²) in [6.45, 7) is 2.90. The average molecular weight is 253 g/mol. The number of methoxy groups -OCH3 is 2. The van der Waals surface area contributed by atoms with Crippen LogP contribution in [0.5, 0.6) is 12.0 Å². The van der Waals surface area contributed by atoms with Crippen molar-refractivity contribution in [3.8, 4) is 12.0 Å². The fraction of sp³-hybridized carbons (Fsp3) is 0.727. The molecule has 1 aliphatic heterocycles. The predicted octanol–water partition coefficient (Wildman–Crippen LogP) is -0.0655. The Labute approximate surface area is 107 Å². The van der Waals surface area contributed by atoms with Crippen molar-refractivity contribution in [3.63, 3.8) is 0 Å². The van der Waals surface area contributed by atoms with Gasteiger partial charge in [0.2, 0.25) is 5.95 Å². The Morgan fingerprint density at radius 3 is 2.44 bits per heavy atom. The molecule has 2 heterocycles. The molecule has 1 aromatic rings. The van der Waals surface area contributed by atoms with Crippen LogP contribution in [-0.4, -0.2) is 55.9 Å². The van der Waals surface area contributed by atoms with Gasteiger partial charge in [0.05, 0.1) is 14.2 Å². The van der Waals surface area contributed by atoms with E-state index >= 15 is 0 Å². The fourth-order valence-electron chi connectivity index (χ4n) is 2.12. The molecule has 18 heavy (non-hydrogen) atoms. The number of aromatic nitrogens is 3. The molecule has 1 saturated heterocycles. The molecule has 1 atom stereocenters. The van der Waals surface area contributed by atoms with Gasteiger partial charge in [-0.1, -0.05) is 0 Å². The molecule has 7 nitrogen and oxygen atoms in total. The molecule has 0 amide bonds. The minimum absolute atomic E-state index is 0.286. The topological polar surface area (TPSA) is 72.4 Å². The van der Waals surface area contributed by atoms with Crippen LogP contribution < -0.4 is 19.7 Å². The first-order valence-electron chi connectivity index (χ1n) is 6.00. The number of hydrogen-bond acceptors (Lipinski definition) is 7. The lowest BCUT2D eigenvalue weighted by molar-refractivity contribution is 0.340. The summed E-state index contributed by atoms with van der Waals surface area (Å²) in [5, 5.41) is 3.20. The highest BCUT2D eigenvalue weighted by molar-refractivity contribution is 5.33. The number of nitrogens with zero attached hydrogens (tertiary/aromatic N) is 4. The van der Waals surface area contributed by atoms with E-state index in [-0.39, 0.29) is 12.0 Å². The zero-order chi connectivity index (χ0) is 13.0. The van der Waals surface area contributed by atoms with Crippen molar-refractivity contribution in [2.45, 2.75) is 6.42 Å². The molecule has 2 rings (SSSR count). The largest absolute Gasteiger partial charge is 0.467 e. The smallest absolute Gasteiger partial charge is 0.324 e. The van der Waals surface area contributed by atoms with Crippen LogP contribution in [0.3, 0.4) is 0 Å². The summed E-state index contributed by atoms with van der Waals surface area (Å²) in [7, 11) is 5.04. The second kappa shape index (κ2) is 5.81. The second-order valence-electron chi connectivity index (χ2n) is 4.27. The van der Waals surface area contributed by atoms with Gasteiger partial charge in [-0.05, 0) is 25.9 Å². The van der Waals surface area contributed by atoms with E-state index < -0.39 is 0 Å². The van der Waals surface area contributed by atoms with Gasteiger partial charge in [0, 0.05) is 13.1 Å². The maximum atomic E-state index is 5.05. The van der Waals surface area contributed by atoms with Gasteiger partial charge in [-0.2, -0.15) is 9.97 Å². The third-order valence-corrected chi connectivity index (χ3v) is 3.01. The monoisotopic (exact) mass is 253 g/mol.